The SMILES string of the molecule is COc1ccc([N+](=CCCCOc2ccc3c(c2)CCC(=O)N3)OS)c(C(=O)c2ccc3ccccc3c2)c1OC. The van der Waals surface area contributed by atoms with Crippen LogP contribution in [-0.4, -0.2) is 43.5 Å². The Morgan fingerprint density at radius 3 is 2.59 bits per heavy atom. The van der Waals surface area contributed by atoms with Gasteiger partial charge < -0.3 is 19.5 Å². The normalized spacial score (nSPS) is 12.9. The Balaban J connectivity index is 1.35. The van der Waals surface area contributed by atoms with Gasteiger partial charge in [0.1, 0.15) is 24.2 Å². The van der Waals surface area contributed by atoms with E-state index in [0.717, 1.165) is 27.8 Å². The van der Waals surface area contributed by atoms with Gasteiger partial charge in [0, 0.05) is 34.9 Å². The van der Waals surface area contributed by atoms with Crippen LogP contribution in [0.2, 0.25) is 0 Å². The van der Waals surface area contributed by atoms with Crippen molar-refractivity contribution < 1.29 is 32.8 Å². The monoisotopic (exact) mass is 571 g/mol. The lowest BCUT2D eigenvalue weighted by molar-refractivity contribution is -0.672. The topological polar surface area (TPSA) is 86.1 Å². The van der Waals surface area contributed by atoms with Gasteiger partial charge in [-0.05, 0) is 59.5 Å². The largest absolute Gasteiger partial charge is 0.494 e. The van der Waals surface area contributed by atoms with Crippen molar-refractivity contribution in [3.63, 3.8) is 0 Å². The molecule has 0 saturated heterocycles. The van der Waals surface area contributed by atoms with Crippen LogP contribution in [0.4, 0.5) is 11.4 Å². The molecule has 0 bridgehead atoms. The van der Waals surface area contributed by atoms with E-state index in [0.29, 0.717) is 60.6 Å². The second kappa shape index (κ2) is 12.8. The second-order valence-electron chi connectivity index (χ2n) is 9.53. The average Bonchev–Trinajstić information content (AvgIpc) is 3.01. The van der Waals surface area contributed by atoms with E-state index >= 15 is 0 Å². The van der Waals surface area contributed by atoms with Gasteiger partial charge in [0.2, 0.25) is 17.9 Å². The Morgan fingerprint density at radius 1 is 0.976 bits per heavy atom. The molecule has 8 nitrogen and oxygen atoms in total. The van der Waals surface area contributed by atoms with Crippen LogP contribution in [0.5, 0.6) is 17.2 Å². The molecule has 1 amide bonds. The molecule has 1 aliphatic rings. The number of unbranched alkanes of at least 4 members (excludes halogenated alkanes) is 1. The first kappa shape index (κ1) is 28.0. The van der Waals surface area contributed by atoms with Gasteiger partial charge in [-0.25, -0.2) is 0 Å². The molecular weight excluding hydrogens is 540 g/mol. The van der Waals surface area contributed by atoms with E-state index in [1.165, 1.54) is 19.0 Å². The lowest BCUT2D eigenvalue weighted by Crippen LogP contribution is -2.18. The van der Waals surface area contributed by atoms with Gasteiger partial charge >= 0.3 is 0 Å². The standard InChI is InChI=1S/C32H30N2O6S/c1-37-28-15-14-27(30(32(28)38-2)31(36)24-10-9-21-7-3-4-8-22(21)19-24)34(40-41)17-5-6-18-39-25-12-13-26-23(20-25)11-16-29(35)33-26/h3-4,7-10,12-15,17,19-20H,5-6,11,16,18H2,1-2H3,(H-,33,35,41)/p+1. The third-order valence-electron chi connectivity index (χ3n) is 6.97. The van der Waals surface area contributed by atoms with Crippen LogP contribution >= 0.6 is 12.9 Å². The van der Waals surface area contributed by atoms with Crippen molar-refractivity contribution in [3.8, 4) is 17.2 Å². The van der Waals surface area contributed by atoms with Gasteiger partial charge in [-0.3, -0.25) is 9.59 Å². The number of fused-ring (bicyclic) bond motifs is 2. The molecule has 210 valence electrons. The summed E-state index contributed by atoms with van der Waals surface area (Å²) in [6.07, 6.45) is 4.25. The summed E-state index contributed by atoms with van der Waals surface area (Å²) in [5.41, 5.74) is 3.18. The van der Waals surface area contributed by atoms with Crippen LogP contribution in [0.1, 0.15) is 40.7 Å². The number of carbonyl (C=O) groups excluding carboxylic acids is 2. The van der Waals surface area contributed by atoms with E-state index < -0.39 is 0 Å². The van der Waals surface area contributed by atoms with E-state index in [1.54, 1.807) is 24.4 Å². The molecular formula is C32H31N2O6S+. The number of nitrogens with one attached hydrogen (secondary N) is 1. The number of carbonyl (C=O) groups is 2. The van der Waals surface area contributed by atoms with E-state index in [1.807, 2.05) is 54.6 Å². The molecule has 0 atom stereocenters. The van der Waals surface area contributed by atoms with E-state index in [-0.39, 0.29) is 11.7 Å². The van der Waals surface area contributed by atoms with Gasteiger partial charge in [-0.2, -0.15) is 4.28 Å². The average molecular weight is 572 g/mol. The fourth-order valence-electron chi connectivity index (χ4n) is 4.90. The zero-order valence-electron chi connectivity index (χ0n) is 22.9. The smallest absolute Gasteiger partial charge is 0.273 e. The maximum absolute atomic E-state index is 13.9. The summed E-state index contributed by atoms with van der Waals surface area (Å²) < 4.78 is 23.9. The molecule has 4 aromatic rings. The van der Waals surface area contributed by atoms with Crippen molar-refractivity contribution in [2.75, 3.05) is 26.1 Å². The molecule has 0 radical (unpaired) electrons. The summed E-state index contributed by atoms with van der Waals surface area (Å²) in [4.78, 5) is 25.5. The van der Waals surface area contributed by atoms with Gasteiger partial charge in [0.25, 0.3) is 5.69 Å². The molecule has 1 heterocycles. The quantitative estimate of drug-likeness (QED) is 0.0417. The van der Waals surface area contributed by atoms with Gasteiger partial charge in [-0.1, -0.05) is 36.4 Å². The molecule has 9 heteroatoms. The number of hydrogen-bond acceptors (Lipinski definition) is 7. The van der Waals surface area contributed by atoms with Crippen LogP contribution in [0.15, 0.2) is 72.8 Å². The number of ketones is 1. The summed E-state index contributed by atoms with van der Waals surface area (Å²) in [6.45, 7) is 0.469. The molecule has 5 rings (SSSR count). The highest BCUT2D eigenvalue weighted by Gasteiger charge is 2.30. The highest BCUT2D eigenvalue weighted by atomic mass is 32.1. The second-order valence-corrected chi connectivity index (χ2v) is 9.70. The minimum Gasteiger partial charge on any atom is -0.494 e. The number of benzene rings is 4. The number of thiol groups is 1. The molecule has 0 unspecified atom stereocenters. The summed E-state index contributed by atoms with van der Waals surface area (Å²) in [6, 6.07) is 22.6. The van der Waals surface area contributed by atoms with Crippen LogP contribution in [0, 0.1) is 0 Å². The molecule has 41 heavy (non-hydrogen) atoms. The van der Waals surface area contributed by atoms with Crippen molar-refractivity contribution in [1.29, 1.82) is 0 Å². The molecule has 0 fully saturated rings. The number of nitrogens with zero attached hydrogens (tertiary/aromatic N) is 1. The maximum Gasteiger partial charge on any atom is 0.273 e. The number of hydrogen-bond donors (Lipinski definition) is 2. The number of anilines is 1. The van der Waals surface area contributed by atoms with Crippen LogP contribution in [-0.2, 0) is 15.5 Å². The summed E-state index contributed by atoms with van der Waals surface area (Å²) in [5.74, 6) is 1.29. The Kier molecular flexibility index (Phi) is 8.74. The molecule has 0 aromatic heterocycles. The van der Waals surface area contributed by atoms with Crippen molar-refractivity contribution in [2.24, 2.45) is 0 Å². The minimum atomic E-state index is -0.239. The van der Waals surface area contributed by atoms with Crippen molar-refractivity contribution in [2.45, 2.75) is 25.7 Å². The minimum absolute atomic E-state index is 0.0364. The first-order valence-electron chi connectivity index (χ1n) is 13.3. The van der Waals surface area contributed by atoms with Crippen LogP contribution in [0.3, 0.4) is 0 Å². The molecule has 1 aliphatic heterocycles. The number of rotatable bonds is 11. The van der Waals surface area contributed by atoms with Crippen molar-refractivity contribution in [1.82, 2.24) is 0 Å². The Morgan fingerprint density at radius 2 is 1.80 bits per heavy atom. The lowest BCUT2D eigenvalue weighted by Gasteiger charge is -2.17. The van der Waals surface area contributed by atoms with E-state index in [9.17, 15) is 9.59 Å². The molecule has 0 spiro atoms. The third-order valence-corrected chi connectivity index (χ3v) is 7.15. The molecule has 0 saturated carbocycles. The first-order valence-corrected chi connectivity index (χ1v) is 13.7. The zero-order valence-corrected chi connectivity index (χ0v) is 23.8. The number of amides is 1. The predicted molar refractivity (Wildman–Crippen MR) is 161 cm³/mol. The van der Waals surface area contributed by atoms with E-state index in [2.05, 4.69) is 18.2 Å². The lowest BCUT2D eigenvalue weighted by atomic mass is 9.97. The third kappa shape index (κ3) is 6.15. The molecule has 1 N–H and O–H groups in total. The Bertz CT molecular complexity index is 1630. The number of aryl methyl sites for hydroxylation is 1. The predicted octanol–water partition coefficient (Wildman–Crippen LogP) is 6.32. The van der Waals surface area contributed by atoms with Crippen LogP contribution in [0.25, 0.3) is 10.8 Å². The number of ether oxygens (including phenoxy) is 3. The van der Waals surface area contributed by atoms with Gasteiger partial charge in [-0.15, -0.1) is 0 Å². The van der Waals surface area contributed by atoms with Crippen LogP contribution < -0.4 is 19.5 Å². The molecule has 4 aromatic carbocycles. The Labute approximate surface area is 244 Å². The maximum atomic E-state index is 13.9. The summed E-state index contributed by atoms with van der Waals surface area (Å²) >= 11 is 4.08. The van der Waals surface area contributed by atoms with Crippen molar-refractivity contribution >= 4 is 53.0 Å². The fraction of sp³-hybridized carbons (Fsp3) is 0.219. The summed E-state index contributed by atoms with van der Waals surface area (Å²) in [7, 11) is 3.03. The number of methoxy groups -OCH3 is 2. The van der Waals surface area contributed by atoms with E-state index in [4.69, 9.17) is 18.5 Å². The Hall–Kier alpha value is -4.50. The highest BCUT2D eigenvalue weighted by molar-refractivity contribution is 7.74. The summed E-state index contributed by atoms with van der Waals surface area (Å²) in [5, 5.41) is 4.88. The highest BCUT2D eigenvalue weighted by Crippen LogP contribution is 2.39. The molecule has 0 aliphatic carbocycles. The zero-order chi connectivity index (χ0) is 28.8. The van der Waals surface area contributed by atoms with Gasteiger partial charge in [0.05, 0.1) is 20.8 Å². The van der Waals surface area contributed by atoms with Crippen molar-refractivity contribution in [3.05, 3.63) is 89.5 Å². The van der Waals surface area contributed by atoms with Gasteiger partial charge in [0.15, 0.2) is 11.5 Å². The first-order chi connectivity index (χ1) is 20.0. The fourth-order valence-corrected chi connectivity index (χ4v) is 5.06.